The molecule has 27 heavy (non-hydrogen) atoms. The first-order valence-electron chi connectivity index (χ1n) is 9.02. The van der Waals surface area contributed by atoms with Crippen molar-refractivity contribution in [2.24, 2.45) is 7.05 Å². The van der Waals surface area contributed by atoms with E-state index >= 15 is 0 Å². The third-order valence-corrected chi connectivity index (χ3v) is 4.97. The first kappa shape index (κ1) is 17.1. The predicted molar refractivity (Wildman–Crippen MR) is 109 cm³/mol. The van der Waals surface area contributed by atoms with Crippen molar-refractivity contribution < 1.29 is 4.79 Å². The zero-order valence-corrected chi connectivity index (χ0v) is 15.2. The molecule has 0 radical (unpaired) electrons. The van der Waals surface area contributed by atoms with Crippen LogP contribution in [0.15, 0.2) is 71.7 Å². The van der Waals surface area contributed by atoms with Gasteiger partial charge in [0.05, 0.1) is 5.69 Å². The summed E-state index contributed by atoms with van der Waals surface area (Å²) >= 11 is 0. The summed E-state index contributed by atoms with van der Waals surface area (Å²) in [7, 11) is 1.69. The van der Waals surface area contributed by atoms with Gasteiger partial charge >= 0.3 is 6.03 Å². The first-order chi connectivity index (χ1) is 13.1. The minimum absolute atomic E-state index is 0.0722. The maximum absolute atomic E-state index is 12.7. The molecular weight excluding hydrogens is 338 g/mol. The second kappa shape index (κ2) is 7.11. The maximum Gasteiger partial charge on any atom is 0.322 e. The van der Waals surface area contributed by atoms with Gasteiger partial charge in [0.15, 0.2) is 0 Å². The Balaban J connectivity index is 1.54. The Bertz CT molecular complexity index is 1080. The lowest BCUT2D eigenvalue weighted by Crippen LogP contribution is -2.38. The molecule has 136 valence electrons. The Morgan fingerprint density at radius 3 is 2.41 bits per heavy atom. The van der Waals surface area contributed by atoms with Gasteiger partial charge in [0, 0.05) is 37.1 Å². The van der Waals surface area contributed by atoms with E-state index in [4.69, 9.17) is 0 Å². The molecule has 0 spiro atoms. The van der Waals surface area contributed by atoms with Crippen LogP contribution in [0.1, 0.15) is 12.0 Å². The van der Waals surface area contributed by atoms with Crippen molar-refractivity contribution in [1.82, 2.24) is 9.47 Å². The van der Waals surface area contributed by atoms with Crippen LogP contribution in [-0.4, -0.2) is 28.6 Å². The number of benzene rings is 2. The van der Waals surface area contributed by atoms with Crippen molar-refractivity contribution in [1.29, 1.82) is 0 Å². The maximum atomic E-state index is 12.7. The summed E-state index contributed by atoms with van der Waals surface area (Å²) in [5.41, 5.74) is 3.06. The van der Waals surface area contributed by atoms with Crippen LogP contribution in [0.2, 0.25) is 0 Å². The highest BCUT2D eigenvalue weighted by Crippen LogP contribution is 2.24. The number of fused-ring (bicyclic) bond motifs is 1. The van der Waals surface area contributed by atoms with Gasteiger partial charge in [-0.1, -0.05) is 54.6 Å². The molecule has 0 unspecified atom stereocenters. The number of aromatic nitrogens is 1. The monoisotopic (exact) mass is 359 g/mol. The molecule has 0 aliphatic carbocycles. The van der Waals surface area contributed by atoms with Gasteiger partial charge in [-0.15, -0.1) is 0 Å². The van der Waals surface area contributed by atoms with Gasteiger partial charge in [0.25, 0.3) is 5.56 Å². The summed E-state index contributed by atoms with van der Waals surface area (Å²) in [6, 6.07) is 17.4. The Morgan fingerprint density at radius 2 is 1.70 bits per heavy atom. The molecule has 1 aromatic heterocycles. The number of nitrogens with one attached hydrogen (secondary N) is 1. The minimum atomic E-state index is -0.151. The molecule has 5 nitrogen and oxygen atoms in total. The highest BCUT2D eigenvalue weighted by molar-refractivity contribution is 6.01. The molecule has 1 aliphatic rings. The number of nitrogens with zero attached hydrogens (tertiary/aromatic N) is 2. The van der Waals surface area contributed by atoms with Crippen LogP contribution in [0.4, 0.5) is 10.5 Å². The van der Waals surface area contributed by atoms with Crippen LogP contribution in [0.25, 0.3) is 16.3 Å². The number of rotatable bonds is 2. The lowest BCUT2D eigenvalue weighted by molar-refractivity contribution is 0.217. The number of amides is 2. The van der Waals surface area contributed by atoms with Crippen molar-refractivity contribution >= 4 is 28.1 Å². The third-order valence-electron chi connectivity index (χ3n) is 4.97. The van der Waals surface area contributed by atoms with Crippen molar-refractivity contribution in [3.8, 4) is 0 Å². The number of pyridine rings is 1. The molecule has 5 heteroatoms. The fourth-order valence-corrected chi connectivity index (χ4v) is 3.48. The molecule has 0 fully saturated rings. The third kappa shape index (κ3) is 3.36. The minimum Gasteiger partial charge on any atom is -0.320 e. The molecular formula is C22H21N3O2. The van der Waals surface area contributed by atoms with Gasteiger partial charge in [-0.05, 0) is 23.6 Å². The van der Waals surface area contributed by atoms with Gasteiger partial charge in [-0.3, -0.25) is 4.79 Å². The van der Waals surface area contributed by atoms with E-state index in [0.717, 1.165) is 11.8 Å². The van der Waals surface area contributed by atoms with E-state index in [0.29, 0.717) is 24.2 Å². The van der Waals surface area contributed by atoms with Crippen LogP contribution >= 0.6 is 0 Å². The van der Waals surface area contributed by atoms with Gasteiger partial charge in [0.2, 0.25) is 0 Å². The number of hydrogen-bond donors (Lipinski definition) is 1. The van der Waals surface area contributed by atoms with Crippen molar-refractivity contribution in [3.63, 3.8) is 0 Å². The summed E-state index contributed by atoms with van der Waals surface area (Å²) in [6.45, 7) is 1.23. The molecule has 0 saturated heterocycles. The van der Waals surface area contributed by atoms with Gasteiger partial charge < -0.3 is 14.8 Å². The highest BCUT2D eigenvalue weighted by atomic mass is 16.2. The zero-order valence-electron chi connectivity index (χ0n) is 15.2. The average molecular weight is 359 g/mol. The fourth-order valence-electron chi connectivity index (χ4n) is 3.48. The molecule has 0 bridgehead atoms. The number of carbonyl (C=O) groups excluding carboxylic acids is 1. The van der Waals surface area contributed by atoms with E-state index < -0.39 is 0 Å². The normalized spacial score (nSPS) is 14.1. The standard InChI is InChI=1S/C22H21N3O2/c1-24-15-20(18-9-5-6-10-19(18)21(24)26)23-22(27)25-13-11-17(12-14-25)16-7-3-2-4-8-16/h2-11,15H,12-14H2,1H3,(H,23,27). The van der Waals surface area contributed by atoms with E-state index in [2.05, 4.69) is 23.5 Å². The van der Waals surface area contributed by atoms with Gasteiger partial charge in [-0.25, -0.2) is 4.79 Å². The Hall–Kier alpha value is -3.34. The number of anilines is 1. The molecule has 3 aromatic rings. The summed E-state index contributed by atoms with van der Waals surface area (Å²) < 4.78 is 1.50. The topological polar surface area (TPSA) is 54.3 Å². The molecule has 2 aromatic carbocycles. The second-order valence-corrected chi connectivity index (χ2v) is 6.73. The van der Waals surface area contributed by atoms with Crippen LogP contribution in [0.3, 0.4) is 0 Å². The van der Waals surface area contributed by atoms with Crippen LogP contribution in [-0.2, 0) is 7.05 Å². The molecule has 1 N–H and O–H groups in total. The molecule has 0 saturated carbocycles. The summed E-state index contributed by atoms with van der Waals surface area (Å²) in [4.78, 5) is 26.8. The number of aryl methyl sites for hydroxylation is 1. The largest absolute Gasteiger partial charge is 0.322 e. The van der Waals surface area contributed by atoms with E-state index in [9.17, 15) is 9.59 Å². The number of hydrogen-bond acceptors (Lipinski definition) is 2. The summed E-state index contributed by atoms with van der Waals surface area (Å²) in [5, 5.41) is 4.33. The van der Waals surface area contributed by atoms with Crippen molar-refractivity contribution in [3.05, 3.63) is 82.8 Å². The first-order valence-corrected chi connectivity index (χ1v) is 9.02. The van der Waals surface area contributed by atoms with Crippen molar-refractivity contribution in [2.45, 2.75) is 6.42 Å². The van der Waals surface area contributed by atoms with Crippen LogP contribution in [0.5, 0.6) is 0 Å². The SMILES string of the molecule is Cn1cc(NC(=O)N2CC=C(c3ccccc3)CC2)c2ccccc2c1=O. The lowest BCUT2D eigenvalue weighted by Gasteiger charge is -2.27. The molecule has 2 amide bonds. The van der Waals surface area contributed by atoms with Gasteiger partial charge in [0.1, 0.15) is 0 Å². The lowest BCUT2D eigenvalue weighted by atomic mass is 10.00. The van der Waals surface area contributed by atoms with E-state index in [-0.39, 0.29) is 11.6 Å². The average Bonchev–Trinajstić information content (AvgIpc) is 2.72. The van der Waals surface area contributed by atoms with Crippen molar-refractivity contribution in [2.75, 3.05) is 18.4 Å². The summed E-state index contributed by atoms with van der Waals surface area (Å²) in [5.74, 6) is 0. The van der Waals surface area contributed by atoms with E-state index in [1.807, 2.05) is 36.4 Å². The zero-order chi connectivity index (χ0) is 18.8. The molecule has 2 heterocycles. The molecule has 0 atom stereocenters. The Morgan fingerprint density at radius 1 is 1.00 bits per heavy atom. The molecule has 1 aliphatic heterocycles. The fraction of sp³-hybridized carbons (Fsp3) is 0.182. The van der Waals surface area contributed by atoms with Crippen LogP contribution in [0, 0.1) is 0 Å². The van der Waals surface area contributed by atoms with Gasteiger partial charge in [-0.2, -0.15) is 0 Å². The Kier molecular flexibility index (Phi) is 4.50. The second-order valence-electron chi connectivity index (χ2n) is 6.73. The quantitative estimate of drug-likeness (QED) is 0.755. The predicted octanol–water partition coefficient (Wildman–Crippen LogP) is 3.86. The molecule has 4 rings (SSSR count). The highest BCUT2D eigenvalue weighted by Gasteiger charge is 2.19. The van der Waals surface area contributed by atoms with E-state index in [1.54, 1.807) is 24.2 Å². The number of carbonyl (C=O) groups is 1. The van der Waals surface area contributed by atoms with E-state index in [1.165, 1.54) is 15.7 Å². The summed E-state index contributed by atoms with van der Waals surface area (Å²) in [6.07, 6.45) is 4.61. The smallest absolute Gasteiger partial charge is 0.320 e. The van der Waals surface area contributed by atoms with Crippen LogP contribution < -0.4 is 10.9 Å². The Labute approximate surface area is 157 Å². The number of urea groups is 1.